The van der Waals surface area contributed by atoms with E-state index in [-0.39, 0.29) is 11.8 Å². The first-order valence-corrected chi connectivity index (χ1v) is 10.6. The van der Waals surface area contributed by atoms with Gasteiger partial charge in [0.1, 0.15) is 12.1 Å². The van der Waals surface area contributed by atoms with Crippen LogP contribution in [0.15, 0.2) is 24.5 Å². The van der Waals surface area contributed by atoms with Gasteiger partial charge in [0, 0.05) is 19.6 Å². The van der Waals surface area contributed by atoms with Crippen LogP contribution in [0.1, 0.15) is 13.8 Å². The van der Waals surface area contributed by atoms with Crippen molar-refractivity contribution < 1.29 is 9.53 Å². The zero-order valence-electron chi connectivity index (χ0n) is 16.6. The van der Waals surface area contributed by atoms with Crippen molar-refractivity contribution in [1.82, 2.24) is 29.9 Å². The molecule has 5 rings (SSSR count). The number of anilines is 2. The molecule has 4 aromatic rings. The summed E-state index contributed by atoms with van der Waals surface area (Å²) in [5.41, 5.74) is 2.21. The monoisotopic (exact) mass is 424 g/mol. The molecule has 1 amide bonds. The van der Waals surface area contributed by atoms with E-state index in [0.29, 0.717) is 48.4 Å². The molecule has 1 N–H and O–H groups in total. The molecule has 4 heterocycles. The van der Waals surface area contributed by atoms with E-state index < -0.39 is 0 Å². The molecule has 0 saturated carbocycles. The predicted octanol–water partition coefficient (Wildman–Crippen LogP) is 2.32. The Balaban J connectivity index is 1.26. The number of ether oxygens (including phenoxy) is 1. The van der Waals surface area contributed by atoms with Crippen LogP contribution in [-0.2, 0) is 11.3 Å². The number of benzene rings is 1. The zero-order chi connectivity index (χ0) is 20.7. The van der Waals surface area contributed by atoms with Crippen LogP contribution in [0.3, 0.4) is 0 Å². The second kappa shape index (κ2) is 7.48. The van der Waals surface area contributed by atoms with E-state index in [1.165, 1.54) is 17.7 Å². The van der Waals surface area contributed by atoms with Gasteiger partial charge >= 0.3 is 0 Å². The third kappa shape index (κ3) is 3.20. The molecule has 0 spiro atoms. The Morgan fingerprint density at radius 3 is 2.97 bits per heavy atom. The Morgan fingerprint density at radius 2 is 2.17 bits per heavy atom. The van der Waals surface area contributed by atoms with Crippen LogP contribution >= 0.6 is 11.3 Å². The molecule has 0 atom stereocenters. The standard InChI is InChI=1S/C19H20N8O2S/c1-3-27-17-15(24-25-27)16(20-10-21-17)26-8-11(9-26)18(28)23-19-22-13-6-5-12(29-4-2)7-14(13)30-19/h5-7,10-11H,3-4,8-9H2,1-2H3,(H,22,23,28). The van der Waals surface area contributed by atoms with Crippen molar-refractivity contribution in [3.63, 3.8) is 0 Å². The molecule has 3 aromatic heterocycles. The molecule has 0 radical (unpaired) electrons. The van der Waals surface area contributed by atoms with E-state index in [4.69, 9.17) is 4.74 Å². The van der Waals surface area contributed by atoms with Crippen molar-refractivity contribution in [2.75, 3.05) is 29.9 Å². The summed E-state index contributed by atoms with van der Waals surface area (Å²) in [7, 11) is 0. The van der Waals surface area contributed by atoms with E-state index in [9.17, 15) is 4.79 Å². The average molecular weight is 424 g/mol. The average Bonchev–Trinajstić information content (AvgIpc) is 3.30. The molecule has 1 saturated heterocycles. The van der Waals surface area contributed by atoms with Gasteiger partial charge in [-0.3, -0.25) is 4.79 Å². The van der Waals surface area contributed by atoms with E-state index in [1.54, 1.807) is 4.68 Å². The lowest BCUT2D eigenvalue weighted by atomic mass is 9.99. The lowest BCUT2D eigenvalue weighted by Gasteiger charge is -2.38. The Labute approximate surface area is 175 Å². The van der Waals surface area contributed by atoms with E-state index in [0.717, 1.165) is 16.0 Å². The van der Waals surface area contributed by atoms with Crippen molar-refractivity contribution in [3.8, 4) is 5.75 Å². The molecular formula is C19H20N8O2S. The van der Waals surface area contributed by atoms with Crippen molar-refractivity contribution >= 4 is 49.6 Å². The maximum atomic E-state index is 12.7. The number of nitrogens with one attached hydrogen (secondary N) is 1. The van der Waals surface area contributed by atoms with Gasteiger partial charge in [-0.25, -0.2) is 19.6 Å². The number of carbonyl (C=O) groups is 1. The number of carbonyl (C=O) groups excluding carboxylic acids is 1. The summed E-state index contributed by atoms with van der Waals surface area (Å²) in [6.07, 6.45) is 1.51. The van der Waals surface area contributed by atoms with E-state index in [1.807, 2.05) is 36.9 Å². The Bertz CT molecular complexity index is 1230. The lowest BCUT2D eigenvalue weighted by molar-refractivity contribution is -0.120. The van der Waals surface area contributed by atoms with Gasteiger partial charge in [0.25, 0.3) is 0 Å². The minimum absolute atomic E-state index is 0.0437. The molecule has 0 unspecified atom stereocenters. The van der Waals surface area contributed by atoms with Crippen LogP contribution in [0, 0.1) is 5.92 Å². The van der Waals surface area contributed by atoms with Crippen LogP contribution in [0.25, 0.3) is 21.4 Å². The summed E-state index contributed by atoms with van der Waals surface area (Å²) >= 11 is 1.44. The summed E-state index contributed by atoms with van der Waals surface area (Å²) in [4.78, 5) is 27.8. The quantitative estimate of drug-likeness (QED) is 0.502. The molecule has 1 aromatic carbocycles. The van der Waals surface area contributed by atoms with Crippen LogP contribution in [0.5, 0.6) is 5.75 Å². The van der Waals surface area contributed by atoms with Crippen LogP contribution in [-0.4, -0.2) is 55.5 Å². The highest BCUT2D eigenvalue weighted by atomic mass is 32.1. The van der Waals surface area contributed by atoms with Crippen LogP contribution in [0.2, 0.25) is 0 Å². The summed E-state index contributed by atoms with van der Waals surface area (Å²) in [5, 5.41) is 11.8. The topological polar surface area (TPSA) is 111 Å². The molecule has 1 fully saturated rings. The number of fused-ring (bicyclic) bond motifs is 2. The first-order chi connectivity index (χ1) is 14.7. The third-order valence-electron chi connectivity index (χ3n) is 5.03. The second-order valence-corrected chi connectivity index (χ2v) is 7.98. The SMILES string of the molecule is CCOc1ccc2nc(NC(=O)C3CN(c4ncnc5c4nnn5CC)C3)sc2c1. The van der Waals surface area contributed by atoms with Gasteiger partial charge < -0.3 is 15.0 Å². The minimum Gasteiger partial charge on any atom is -0.494 e. The second-order valence-electron chi connectivity index (χ2n) is 6.95. The Morgan fingerprint density at radius 1 is 1.30 bits per heavy atom. The molecule has 1 aliphatic rings. The fraction of sp³-hybridized carbons (Fsp3) is 0.368. The summed E-state index contributed by atoms with van der Waals surface area (Å²) in [6, 6.07) is 5.74. The normalized spacial score (nSPS) is 14.3. The number of hydrogen-bond acceptors (Lipinski definition) is 9. The predicted molar refractivity (Wildman–Crippen MR) is 114 cm³/mol. The minimum atomic E-state index is -0.137. The fourth-order valence-electron chi connectivity index (χ4n) is 3.46. The van der Waals surface area contributed by atoms with Crippen molar-refractivity contribution in [3.05, 3.63) is 24.5 Å². The fourth-order valence-corrected chi connectivity index (χ4v) is 4.36. The number of aryl methyl sites for hydroxylation is 1. The molecule has 30 heavy (non-hydrogen) atoms. The van der Waals surface area contributed by atoms with Crippen molar-refractivity contribution in [2.24, 2.45) is 5.92 Å². The molecule has 0 aliphatic carbocycles. The number of hydrogen-bond donors (Lipinski definition) is 1. The molecule has 0 bridgehead atoms. The number of rotatable bonds is 6. The first-order valence-electron chi connectivity index (χ1n) is 9.79. The highest BCUT2D eigenvalue weighted by Crippen LogP contribution is 2.31. The van der Waals surface area contributed by atoms with Gasteiger partial charge in [0.15, 0.2) is 22.1 Å². The molecule has 10 nitrogen and oxygen atoms in total. The highest BCUT2D eigenvalue weighted by Gasteiger charge is 2.35. The highest BCUT2D eigenvalue weighted by molar-refractivity contribution is 7.22. The van der Waals surface area contributed by atoms with E-state index >= 15 is 0 Å². The lowest BCUT2D eigenvalue weighted by Crippen LogP contribution is -2.52. The molecular weight excluding hydrogens is 404 g/mol. The van der Waals surface area contributed by atoms with Gasteiger partial charge in [-0.15, -0.1) is 5.10 Å². The summed E-state index contributed by atoms with van der Waals surface area (Å²) in [6.45, 7) is 6.36. The maximum absolute atomic E-state index is 12.7. The van der Waals surface area contributed by atoms with Gasteiger partial charge in [0.2, 0.25) is 5.91 Å². The molecule has 1 aliphatic heterocycles. The van der Waals surface area contributed by atoms with E-state index in [2.05, 4.69) is 30.6 Å². The number of thiazole rings is 1. The van der Waals surface area contributed by atoms with Gasteiger partial charge in [0.05, 0.1) is 22.7 Å². The maximum Gasteiger partial charge on any atom is 0.232 e. The number of aromatic nitrogens is 6. The molecule has 11 heteroatoms. The summed E-state index contributed by atoms with van der Waals surface area (Å²) < 4.78 is 8.24. The number of amides is 1. The van der Waals surface area contributed by atoms with Gasteiger partial charge in [-0.1, -0.05) is 16.6 Å². The largest absolute Gasteiger partial charge is 0.494 e. The van der Waals surface area contributed by atoms with Gasteiger partial charge in [-0.2, -0.15) is 0 Å². The zero-order valence-corrected chi connectivity index (χ0v) is 17.4. The number of nitrogens with zero attached hydrogens (tertiary/aromatic N) is 7. The smallest absolute Gasteiger partial charge is 0.232 e. The summed E-state index contributed by atoms with van der Waals surface area (Å²) in [5.74, 6) is 1.34. The van der Waals surface area contributed by atoms with Crippen molar-refractivity contribution in [1.29, 1.82) is 0 Å². The Kier molecular flexibility index (Phi) is 4.66. The molecule has 154 valence electrons. The van der Waals surface area contributed by atoms with Crippen molar-refractivity contribution in [2.45, 2.75) is 20.4 Å². The third-order valence-corrected chi connectivity index (χ3v) is 5.97. The Hall–Kier alpha value is -3.34. The first kappa shape index (κ1) is 18.7. The van der Waals surface area contributed by atoms with Crippen LogP contribution in [0.4, 0.5) is 10.9 Å². The van der Waals surface area contributed by atoms with Gasteiger partial charge in [-0.05, 0) is 32.0 Å². The van der Waals surface area contributed by atoms with Crippen LogP contribution < -0.4 is 15.0 Å².